The zero-order valence-electron chi connectivity index (χ0n) is 9.84. The molecule has 1 aliphatic rings. The molecule has 0 saturated heterocycles. The standard InChI is InChI=1S/C12H20N2S/c1-9-8-15-11(14-9)7-12(2)5-4-10(6-12)13-3/h8,10,13H,4-7H2,1-3H3. The van der Waals surface area contributed by atoms with Gasteiger partial charge in [-0.15, -0.1) is 11.3 Å². The van der Waals surface area contributed by atoms with Crippen molar-refractivity contribution in [3.05, 3.63) is 16.1 Å². The molecule has 2 unspecified atom stereocenters. The molecular weight excluding hydrogens is 204 g/mol. The van der Waals surface area contributed by atoms with Gasteiger partial charge in [0.2, 0.25) is 0 Å². The second-order valence-electron chi connectivity index (χ2n) is 5.10. The fraction of sp³-hybridized carbons (Fsp3) is 0.750. The van der Waals surface area contributed by atoms with Crippen LogP contribution in [-0.4, -0.2) is 18.1 Å². The van der Waals surface area contributed by atoms with E-state index in [0.717, 1.165) is 12.5 Å². The van der Waals surface area contributed by atoms with Crippen molar-refractivity contribution in [2.45, 2.75) is 45.6 Å². The molecule has 1 N–H and O–H groups in total. The van der Waals surface area contributed by atoms with E-state index in [9.17, 15) is 0 Å². The number of hydrogen-bond donors (Lipinski definition) is 1. The molecule has 0 aromatic carbocycles. The summed E-state index contributed by atoms with van der Waals surface area (Å²) < 4.78 is 0. The van der Waals surface area contributed by atoms with Crippen LogP contribution in [0.5, 0.6) is 0 Å². The molecule has 15 heavy (non-hydrogen) atoms. The molecule has 0 amide bonds. The molecule has 1 aliphatic carbocycles. The van der Waals surface area contributed by atoms with Gasteiger partial charge in [0.05, 0.1) is 5.01 Å². The van der Waals surface area contributed by atoms with Gasteiger partial charge in [0.1, 0.15) is 0 Å². The Hall–Kier alpha value is -0.410. The fourth-order valence-electron chi connectivity index (χ4n) is 2.58. The second kappa shape index (κ2) is 4.22. The molecule has 1 aromatic heterocycles. The third-order valence-electron chi connectivity index (χ3n) is 3.49. The first-order valence-electron chi connectivity index (χ1n) is 5.70. The van der Waals surface area contributed by atoms with Gasteiger partial charge in [-0.1, -0.05) is 6.92 Å². The van der Waals surface area contributed by atoms with Gasteiger partial charge in [-0.2, -0.15) is 0 Å². The van der Waals surface area contributed by atoms with Gasteiger partial charge < -0.3 is 5.32 Å². The molecule has 84 valence electrons. The SMILES string of the molecule is CNC1CCC(C)(Cc2nc(C)cs2)C1. The van der Waals surface area contributed by atoms with Crippen LogP contribution in [0.2, 0.25) is 0 Å². The Kier molecular flexibility index (Phi) is 3.12. The van der Waals surface area contributed by atoms with Crippen molar-refractivity contribution in [3.8, 4) is 0 Å². The maximum absolute atomic E-state index is 4.57. The first-order valence-corrected chi connectivity index (χ1v) is 6.57. The van der Waals surface area contributed by atoms with Crippen LogP contribution in [0.3, 0.4) is 0 Å². The Morgan fingerprint density at radius 3 is 3.00 bits per heavy atom. The average Bonchev–Trinajstić information content (AvgIpc) is 2.74. The molecule has 1 fully saturated rings. The lowest BCUT2D eigenvalue weighted by atomic mass is 9.85. The van der Waals surface area contributed by atoms with Crippen molar-refractivity contribution in [3.63, 3.8) is 0 Å². The van der Waals surface area contributed by atoms with Crippen molar-refractivity contribution < 1.29 is 0 Å². The highest BCUT2D eigenvalue weighted by Crippen LogP contribution is 2.40. The van der Waals surface area contributed by atoms with E-state index in [4.69, 9.17) is 0 Å². The van der Waals surface area contributed by atoms with Gasteiger partial charge in [0.15, 0.2) is 0 Å². The Balaban J connectivity index is 2.00. The van der Waals surface area contributed by atoms with Crippen LogP contribution in [0.1, 0.15) is 36.9 Å². The summed E-state index contributed by atoms with van der Waals surface area (Å²) in [6, 6.07) is 0.719. The van der Waals surface area contributed by atoms with Crippen LogP contribution in [0.15, 0.2) is 5.38 Å². The van der Waals surface area contributed by atoms with Crippen LogP contribution >= 0.6 is 11.3 Å². The lowest BCUT2D eigenvalue weighted by Gasteiger charge is -2.22. The Bertz CT molecular complexity index is 334. The molecule has 1 aromatic rings. The summed E-state index contributed by atoms with van der Waals surface area (Å²) in [7, 11) is 2.07. The van der Waals surface area contributed by atoms with E-state index >= 15 is 0 Å². The number of nitrogens with one attached hydrogen (secondary N) is 1. The predicted molar refractivity (Wildman–Crippen MR) is 65.4 cm³/mol. The summed E-state index contributed by atoms with van der Waals surface area (Å²) in [4.78, 5) is 4.57. The molecule has 0 aliphatic heterocycles. The van der Waals surface area contributed by atoms with Crippen LogP contribution in [0.25, 0.3) is 0 Å². The molecular formula is C12H20N2S. The van der Waals surface area contributed by atoms with Crippen molar-refractivity contribution in [1.29, 1.82) is 0 Å². The van der Waals surface area contributed by atoms with Gasteiger partial charge in [-0.25, -0.2) is 4.98 Å². The third kappa shape index (κ3) is 2.58. The molecule has 2 nitrogen and oxygen atoms in total. The fourth-order valence-corrected chi connectivity index (χ4v) is 3.57. The summed E-state index contributed by atoms with van der Waals surface area (Å²) >= 11 is 1.81. The van der Waals surface area contributed by atoms with E-state index in [1.165, 1.54) is 30.0 Å². The van der Waals surface area contributed by atoms with Gasteiger partial charge in [0.25, 0.3) is 0 Å². The molecule has 0 bridgehead atoms. The highest BCUT2D eigenvalue weighted by Gasteiger charge is 2.35. The van der Waals surface area contributed by atoms with Gasteiger partial charge in [-0.3, -0.25) is 0 Å². The van der Waals surface area contributed by atoms with Gasteiger partial charge in [-0.05, 0) is 38.6 Å². The summed E-state index contributed by atoms with van der Waals surface area (Å²) in [5.41, 5.74) is 1.64. The van der Waals surface area contributed by atoms with E-state index in [-0.39, 0.29) is 0 Å². The first-order chi connectivity index (χ1) is 7.11. The number of aryl methyl sites for hydroxylation is 1. The highest BCUT2D eigenvalue weighted by molar-refractivity contribution is 7.09. The number of hydrogen-bond acceptors (Lipinski definition) is 3. The molecule has 3 heteroatoms. The Morgan fingerprint density at radius 1 is 1.67 bits per heavy atom. The molecule has 2 atom stereocenters. The topological polar surface area (TPSA) is 24.9 Å². The summed E-state index contributed by atoms with van der Waals surface area (Å²) in [6.07, 6.45) is 5.10. The summed E-state index contributed by atoms with van der Waals surface area (Å²) in [6.45, 7) is 4.48. The van der Waals surface area contributed by atoms with Crippen molar-refractivity contribution in [2.24, 2.45) is 5.41 Å². The smallest absolute Gasteiger partial charge is 0.0933 e. The van der Waals surface area contributed by atoms with E-state index in [1.54, 1.807) is 0 Å². The van der Waals surface area contributed by atoms with Crippen LogP contribution in [-0.2, 0) is 6.42 Å². The molecule has 2 rings (SSSR count). The predicted octanol–water partition coefficient (Wildman–Crippen LogP) is 2.77. The van der Waals surface area contributed by atoms with Crippen molar-refractivity contribution in [1.82, 2.24) is 10.3 Å². The third-order valence-corrected chi connectivity index (χ3v) is 4.46. The molecule has 1 saturated carbocycles. The van der Waals surface area contributed by atoms with Crippen molar-refractivity contribution in [2.75, 3.05) is 7.05 Å². The van der Waals surface area contributed by atoms with Gasteiger partial charge in [0, 0.05) is 23.5 Å². The number of thiazole rings is 1. The minimum atomic E-state index is 0.470. The quantitative estimate of drug-likeness (QED) is 0.854. The molecule has 0 spiro atoms. The highest BCUT2D eigenvalue weighted by atomic mass is 32.1. The average molecular weight is 224 g/mol. The Labute approximate surface area is 96.1 Å². The van der Waals surface area contributed by atoms with Crippen LogP contribution in [0.4, 0.5) is 0 Å². The first kappa shape index (κ1) is 11.1. The minimum Gasteiger partial charge on any atom is -0.317 e. The van der Waals surface area contributed by atoms with E-state index in [0.29, 0.717) is 5.41 Å². The normalized spacial score (nSPS) is 31.0. The number of nitrogens with zero attached hydrogens (tertiary/aromatic N) is 1. The number of aromatic nitrogens is 1. The zero-order valence-corrected chi connectivity index (χ0v) is 10.7. The van der Waals surface area contributed by atoms with Crippen LogP contribution in [0, 0.1) is 12.3 Å². The lowest BCUT2D eigenvalue weighted by molar-refractivity contribution is 0.324. The van der Waals surface area contributed by atoms with E-state index in [1.807, 2.05) is 11.3 Å². The molecule has 0 radical (unpaired) electrons. The zero-order chi connectivity index (χ0) is 10.9. The molecule has 1 heterocycles. The largest absolute Gasteiger partial charge is 0.317 e. The summed E-state index contributed by atoms with van der Waals surface area (Å²) in [5, 5.41) is 6.86. The summed E-state index contributed by atoms with van der Waals surface area (Å²) in [5.74, 6) is 0. The Morgan fingerprint density at radius 2 is 2.47 bits per heavy atom. The number of rotatable bonds is 3. The monoisotopic (exact) mass is 224 g/mol. The van der Waals surface area contributed by atoms with Gasteiger partial charge >= 0.3 is 0 Å². The lowest BCUT2D eigenvalue weighted by Crippen LogP contribution is -2.24. The van der Waals surface area contributed by atoms with Crippen molar-refractivity contribution >= 4 is 11.3 Å². The maximum atomic E-state index is 4.57. The van der Waals surface area contributed by atoms with Crippen LogP contribution < -0.4 is 5.32 Å². The second-order valence-corrected chi connectivity index (χ2v) is 6.04. The van der Waals surface area contributed by atoms with E-state index < -0.39 is 0 Å². The van der Waals surface area contributed by atoms with E-state index in [2.05, 4.69) is 36.6 Å². The minimum absolute atomic E-state index is 0.470. The maximum Gasteiger partial charge on any atom is 0.0933 e.